The van der Waals surface area contributed by atoms with E-state index in [1.54, 1.807) is 42.5 Å². The maximum Gasteiger partial charge on any atom is 0.251 e. The van der Waals surface area contributed by atoms with Gasteiger partial charge in [-0.1, -0.05) is 48.0 Å². The number of nitrogens with one attached hydrogen (secondary N) is 4. The normalized spacial score (nSPS) is 17.2. The topological polar surface area (TPSA) is 220 Å². The molecule has 0 aromatic heterocycles. The summed E-state index contributed by atoms with van der Waals surface area (Å²) in [5.41, 5.74) is 8.80. The number of amides is 5. The lowest BCUT2D eigenvalue weighted by atomic mass is 9.93. The fourth-order valence-corrected chi connectivity index (χ4v) is 6.80. The van der Waals surface area contributed by atoms with Gasteiger partial charge in [0.1, 0.15) is 41.4 Å². The molecule has 0 unspecified atom stereocenters. The number of phenols is 2. The molecular formula is C43H47ClN6O8. The Morgan fingerprint density at radius 3 is 2.12 bits per heavy atom. The molecule has 0 fully saturated rings. The van der Waals surface area contributed by atoms with Gasteiger partial charge in [-0.3, -0.25) is 28.8 Å². The van der Waals surface area contributed by atoms with Gasteiger partial charge in [0.05, 0.1) is 6.54 Å². The number of Topliss-reactive ketones (excluding diaryl/α,β-unsaturated/α-hetero) is 1. The molecule has 304 valence electrons. The molecular weight excluding hydrogens is 764 g/mol. The molecule has 4 bridgehead atoms. The second-order valence-corrected chi connectivity index (χ2v) is 14.7. The Morgan fingerprint density at radius 2 is 1.48 bits per heavy atom. The van der Waals surface area contributed by atoms with Crippen LogP contribution >= 0.6 is 11.6 Å². The monoisotopic (exact) mass is 810 g/mol. The molecule has 58 heavy (non-hydrogen) atoms. The van der Waals surface area contributed by atoms with E-state index in [1.807, 2.05) is 12.1 Å². The third-order valence-corrected chi connectivity index (χ3v) is 10.1. The van der Waals surface area contributed by atoms with Crippen LogP contribution in [0.1, 0.15) is 60.6 Å². The van der Waals surface area contributed by atoms with E-state index in [2.05, 4.69) is 21.3 Å². The molecule has 1 aliphatic heterocycles. The molecule has 14 nitrogen and oxygen atoms in total. The molecule has 1 heterocycles. The van der Waals surface area contributed by atoms with Crippen molar-refractivity contribution in [1.29, 1.82) is 0 Å². The molecule has 4 aromatic rings. The smallest absolute Gasteiger partial charge is 0.251 e. The Balaban J connectivity index is 1.50. The summed E-state index contributed by atoms with van der Waals surface area (Å²) in [4.78, 5) is 81.9. The Morgan fingerprint density at radius 1 is 0.862 bits per heavy atom. The van der Waals surface area contributed by atoms with Gasteiger partial charge >= 0.3 is 0 Å². The number of fused-ring (bicyclic) bond motifs is 5. The van der Waals surface area contributed by atoms with Gasteiger partial charge in [0.25, 0.3) is 5.91 Å². The number of hydrogen-bond acceptors (Lipinski definition) is 9. The molecule has 15 heteroatoms. The van der Waals surface area contributed by atoms with Crippen LogP contribution in [-0.2, 0) is 30.4 Å². The summed E-state index contributed by atoms with van der Waals surface area (Å²) < 4.78 is 0. The van der Waals surface area contributed by atoms with Crippen molar-refractivity contribution in [3.05, 3.63) is 107 Å². The molecule has 1 aliphatic rings. The summed E-state index contributed by atoms with van der Waals surface area (Å²) in [5.74, 6) is -4.09. The van der Waals surface area contributed by atoms with Crippen molar-refractivity contribution in [2.75, 3.05) is 20.1 Å². The predicted octanol–water partition coefficient (Wildman–Crippen LogP) is 3.76. The fraction of sp³-hybridized carbons (Fsp3) is 0.302. The van der Waals surface area contributed by atoms with Crippen LogP contribution < -0.4 is 27.0 Å². The van der Waals surface area contributed by atoms with Crippen molar-refractivity contribution >= 4 is 46.9 Å². The van der Waals surface area contributed by atoms with E-state index in [4.69, 9.17) is 17.3 Å². The van der Waals surface area contributed by atoms with Gasteiger partial charge in [-0.25, -0.2) is 0 Å². The molecule has 0 saturated carbocycles. The standard InChI is InChI=1S/C43H47ClN6O8/c1-24(51)23-46-41(56)35-21-26-7-17-36(52)32(20-26)33-22-30(14-18-37(33)53)38(42(57)47-25(2)39(54)49-35)50(3)43(58)34(6-4-5-19-45)48-40(55)29-10-8-27(9-11-29)28-12-15-31(44)16-13-28/h7-18,20,22,25,34-35,38,52-53H,4-6,19,21,23,45H2,1-3H3,(H,46,56)(H,47,57)(H,48,55)(H,49,54)/t25-,34-,35-,38-/m0/s1. The SMILES string of the molecule is CC(=O)CNC(=O)[C@@H]1Cc2ccc(O)c(c2)-c2cc(ccc2O)[C@H](N(C)C(=O)[C@H](CCCCN)NC(=O)c2ccc(-c3ccc(Cl)cc3)cc2)C(=O)N[C@@H](C)C(=O)N1. The number of halogens is 1. The molecule has 0 radical (unpaired) electrons. The van der Waals surface area contributed by atoms with Crippen LogP contribution in [-0.4, -0.2) is 88.7 Å². The first-order valence-electron chi connectivity index (χ1n) is 18.8. The van der Waals surface area contributed by atoms with Crippen molar-refractivity contribution < 1.29 is 39.0 Å². The highest BCUT2D eigenvalue weighted by molar-refractivity contribution is 6.30. The van der Waals surface area contributed by atoms with Gasteiger partial charge in [0.15, 0.2) is 0 Å². The molecule has 8 N–H and O–H groups in total. The summed E-state index contributed by atoms with van der Waals surface area (Å²) in [5, 5.41) is 33.2. The number of carbonyl (C=O) groups excluding carboxylic acids is 6. The highest BCUT2D eigenvalue weighted by atomic mass is 35.5. The second kappa shape index (κ2) is 19.3. The zero-order valence-electron chi connectivity index (χ0n) is 32.4. The van der Waals surface area contributed by atoms with E-state index in [1.165, 1.54) is 51.2 Å². The first kappa shape index (κ1) is 42.9. The van der Waals surface area contributed by atoms with Gasteiger partial charge in [-0.2, -0.15) is 0 Å². The average molecular weight is 811 g/mol. The minimum absolute atomic E-state index is 0.0620. The fourth-order valence-electron chi connectivity index (χ4n) is 6.67. The number of unbranched alkanes of at least 4 members (excludes halogenated alkanes) is 1. The predicted molar refractivity (Wildman–Crippen MR) is 219 cm³/mol. The average Bonchev–Trinajstić information content (AvgIpc) is 3.20. The Kier molecular flexibility index (Phi) is 14.2. The van der Waals surface area contributed by atoms with Gasteiger partial charge in [0.2, 0.25) is 23.6 Å². The zero-order chi connectivity index (χ0) is 42.1. The first-order chi connectivity index (χ1) is 27.7. The van der Waals surface area contributed by atoms with Crippen molar-refractivity contribution in [1.82, 2.24) is 26.2 Å². The highest BCUT2D eigenvalue weighted by Gasteiger charge is 2.36. The van der Waals surface area contributed by atoms with E-state index in [0.717, 1.165) is 16.0 Å². The first-order valence-corrected chi connectivity index (χ1v) is 19.2. The quantitative estimate of drug-likeness (QED) is 0.103. The van der Waals surface area contributed by atoms with Crippen molar-refractivity contribution in [3.8, 4) is 33.8 Å². The van der Waals surface area contributed by atoms with Crippen LogP contribution in [0.15, 0.2) is 84.9 Å². The second-order valence-electron chi connectivity index (χ2n) is 14.3. The van der Waals surface area contributed by atoms with E-state index in [0.29, 0.717) is 35.5 Å². The van der Waals surface area contributed by atoms with Crippen molar-refractivity contribution in [3.63, 3.8) is 0 Å². The molecule has 0 aliphatic carbocycles. The van der Waals surface area contributed by atoms with Gasteiger partial charge in [0, 0.05) is 35.2 Å². The summed E-state index contributed by atoms with van der Waals surface area (Å²) in [6.45, 7) is 2.79. The maximum atomic E-state index is 14.5. The Labute approximate surface area is 341 Å². The number of nitrogens with zero attached hydrogens (tertiary/aromatic N) is 1. The third kappa shape index (κ3) is 10.6. The lowest BCUT2D eigenvalue weighted by molar-refractivity contribution is -0.141. The summed E-state index contributed by atoms with van der Waals surface area (Å²) in [6, 6.07) is 17.9. The minimum Gasteiger partial charge on any atom is -0.507 e. The van der Waals surface area contributed by atoms with Crippen LogP contribution in [0.25, 0.3) is 22.3 Å². The third-order valence-electron chi connectivity index (χ3n) is 9.88. The Bertz CT molecular complexity index is 2180. The van der Waals surface area contributed by atoms with Gasteiger partial charge in [-0.05, 0) is 110 Å². The molecule has 4 atom stereocenters. The maximum absolute atomic E-state index is 14.5. The summed E-state index contributed by atoms with van der Waals surface area (Å²) >= 11 is 6.03. The van der Waals surface area contributed by atoms with Gasteiger partial charge < -0.3 is 42.1 Å². The number of carbonyl (C=O) groups is 6. The lowest BCUT2D eigenvalue weighted by Gasteiger charge is -2.32. The van der Waals surface area contributed by atoms with Crippen LogP contribution in [0.3, 0.4) is 0 Å². The van der Waals surface area contributed by atoms with E-state index in [-0.39, 0.29) is 53.4 Å². The number of ketones is 1. The number of likely N-dealkylation sites (N-methyl/N-ethyl adjacent to an activating group) is 1. The summed E-state index contributed by atoms with van der Waals surface area (Å²) in [6.07, 6.45) is 1.17. The molecule has 4 aromatic carbocycles. The number of nitrogens with two attached hydrogens (primary N) is 1. The van der Waals surface area contributed by atoms with Gasteiger partial charge in [-0.15, -0.1) is 0 Å². The number of aromatic hydroxyl groups is 2. The number of benzene rings is 4. The van der Waals surface area contributed by atoms with Crippen molar-refractivity contribution in [2.45, 2.75) is 63.7 Å². The highest BCUT2D eigenvalue weighted by Crippen LogP contribution is 2.39. The number of phenolic OH excluding ortho intramolecular Hbond substituents is 2. The van der Waals surface area contributed by atoms with E-state index >= 15 is 0 Å². The molecule has 5 amide bonds. The zero-order valence-corrected chi connectivity index (χ0v) is 33.1. The van der Waals surface area contributed by atoms with Crippen molar-refractivity contribution in [2.24, 2.45) is 5.73 Å². The van der Waals surface area contributed by atoms with Crippen LogP contribution in [0.2, 0.25) is 5.02 Å². The van der Waals surface area contributed by atoms with Crippen LogP contribution in [0, 0.1) is 0 Å². The van der Waals surface area contributed by atoms with Crippen LogP contribution in [0.5, 0.6) is 11.5 Å². The number of rotatable bonds is 12. The summed E-state index contributed by atoms with van der Waals surface area (Å²) in [7, 11) is 1.39. The van der Waals surface area contributed by atoms with E-state index in [9.17, 15) is 39.0 Å². The van der Waals surface area contributed by atoms with E-state index < -0.39 is 53.7 Å². The number of hydrogen-bond donors (Lipinski definition) is 7. The lowest BCUT2D eigenvalue weighted by Crippen LogP contribution is -2.56. The largest absolute Gasteiger partial charge is 0.507 e. The molecule has 5 rings (SSSR count). The minimum atomic E-state index is -1.42. The molecule has 0 saturated heterocycles. The molecule has 0 spiro atoms. The van der Waals surface area contributed by atoms with Crippen LogP contribution in [0.4, 0.5) is 0 Å². The Hall–Kier alpha value is -6.25.